The molecule has 1 aliphatic rings. The molecule has 3 nitrogen and oxygen atoms in total. The van der Waals surface area contributed by atoms with E-state index in [1.807, 2.05) is 36.4 Å². The van der Waals surface area contributed by atoms with Crippen LogP contribution in [0.4, 0.5) is 0 Å². The summed E-state index contributed by atoms with van der Waals surface area (Å²) in [5.41, 5.74) is 2.47. The lowest BCUT2D eigenvalue weighted by molar-refractivity contribution is 0.480. The van der Waals surface area contributed by atoms with Crippen molar-refractivity contribution < 1.29 is 4.74 Å². The number of rotatable bonds is 3. The quantitative estimate of drug-likeness (QED) is 0.923. The first kappa shape index (κ1) is 14.6. The van der Waals surface area contributed by atoms with Crippen molar-refractivity contribution in [2.45, 2.75) is 26.2 Å². The van der Waals surface area contributed by atoms with Crippen LogP contribution in [0, 0.1) is 0 Å². The summed E-state index contributed by atoms with van der Waals surface area (Å²) in [6.45, 7) is 8.35. The second-order valence-electron chi connectivity index (χ2n) is 6.53. The lowest BCUT2D eigenvalue weighted by Crippen LogP contribution is -2.19. The van der Waals surface area contributed by atoms with Gasteiger partial charge >= 0.3 is 0 Å². The molecule has 114 valence electrons. The zero-order valence-corrected chi connectivity index (χ0v) is 13.4. The van der Waals surface area contributed by atoms with Crippen molar-refractivity contribution in [2.24, 2.45) is 4.99 Å². The SMILES string of the molecule is CC(C)(C)c1ccc(Oc2ccccc2C2=NCCN2)cc1. The molecule has 2 aromatic carbocycles. The van der Waals surface area contributed by atoms with E-state index in [0.29, 0.717) is 0 Å². The van der Waals surface area contributed by atoms with E-state index in [1.165, 1.54) is 5.56 Å². The van der Waals surface area contributed by atoms with Gasteiger partial charge < -0.3 is 10.1 Å². The Labute approximate surface area is 132 Å². The molecule has 0 radical (unpaired) electrons. The van der Waals surface area contributed by atoms with Crippen LogP contribution in [0.3, 0.4) is 0 Å². The van der Waals surface area contributed by atoms with E-state index in [1.54, 1.807) is 0 Å². The Hall–Kier alpha value is -2.29. The van der Waals surface area contributed by atoms with E-state index in [9.17, 15) is 0 Å². The predicted molar refractivity (Wildman–Crippen MR) is 91.1 cm³/mol. The van der Waals surface area contributed by atoms with Gasteiger partial charge in [0.1, 0.15) is 17.3 Å². The first-order chi connectivity index (χ1) is 10.5. The van der Waals surface area contributed by atoms with Gasteiger partial charge in [-0.1, -0.05) is 45.0 Å². The average Bonchev–Trinajstić information content (AvgIpc) is 3.01. The van der Waals surface area contributed by atoms with Crippen LogP contribution >= 0.6 is 0 Å². The molecule has 0 amide bonds. The minimum Gasteiger partial charge on any atom is -0.457 e. The molecule has 22 heavy (non-hydrogen) atoms. The van der Waals surface area contributed by atoms with Crippen LogP contribution in [-0.2, 0) is 5.41 Å². The summed E-state index contributed by atoms with van der Waals surface area (Å²) in [6.07, 6.45) is 0. The summed E-state index contributed by atoms with van der Waals surface area (Å²) in [4.78, 5) is 4.48. The Morgan fingerprint density at radius 3 is 2.36 bits per heavy atom. The van der Waals surface area contributed by atoms with Crippen molar-refractivity contribution in [2.75, 3.05) is 13.1 Å². The Kier molecular flexibility index (Phi) is 3.88. The molecular weight excluding hydrogens is 272 g/mol. The van der Waals surface area contributed by atoms with E-state index in [-0.39, 0.29) is 5.41 Å². The topological polar surface area (TPSA) is 33.6 Å². The van der Waals surface area contributed by atoms with Gasteiger partial charge in [0.15, 0.2) is 0 Å². The standard InChI is InChI=1S/C19H22N2O/c1-19(2,3)14-8-10-15(11-9-14)22-17-7-5-4-6-16(17)18-20-12-13-21-18/h4-11H,12-13H2,1-3H3,(H,20,21). The second kappa shape index (κ2) is 5.84. The summed E-state index contributed by atoms with van der Waals surface area (Å²) in [6, 6.07) is 16.3. The maximum Gasteiger partial charge on any atom is 0.138 e. The number of ether oxygens (including phenoxy) is 1. The molecule has 1 heterocycles. The number of hydrogen-bond acceptors (Lipinski definition) is 3. The van der Waals surface area contributed by atoms with Gasteiger partial charge in [-0.3, -0.25) is 4.99 Å². The minimum absolute atomic E-state index is 0.152. The number of amidine groups is 1. The van der Waals surface area contributed by atoms with Gasteiger partial charge in [0.2, 0.25) is 0 Å². The van der Waals surface area contributed by atoms with Crippen LogP contribution in [-0.4, -0.2) is 18.9 Å². The molecule has 3 heteroatoms. The summed E-state index contributed by atoms with van der Waals surface area (Å²) in [5.74, 6) is 2.60. The van der Waals surface area contributed by atoms with Crippen molar-refractivity contribution >= 4 is 5.84 Å². The Bertz CT molecular complexity index is 681. The van der Waals surface area contributed by atoms with Crippen LogP contribution in [0.1, 0.15) is 31.9 Å². The van der Waals surface area contributed by atoms with Crippen molar-refractivity contribution in [1.82, 2.24) is 5.32 Å². The molecule has 0 unspecified atom stereocenters. The van der Waals surface area contributed by atoms with Crippen molar-refractivity contribution in [1.29, 1.82) is 0 Å². The fourth-order valence-corrected chi connectivity index (χ4v) is 2.48. The first-order valence-electron chi connectivity index (χ1n) is 7.70. The van der Waals surface area contributed by atoms with Crippen LogP contribution in [0.5, 0.6) is 11.5 Å². The molecular formula is C19H22N2O. The molecule has 0 saturated carbocycles. The molecule has 0 saturated heterocycles. The average molecular weight is 294 g/mol. The molecule has 2 aromatic rings. The van der Waals surface area contributed by atoms with Gasteiger partial charge in [-0.05, 0) is 35.2 Å². The second-order valence-corrected chi connectivity index (χ2v) is 6.53. The van der Waals surface area contributed by atoms with Crippen molar-refractivity contribution in [3.05, 3.63) is 59.7 Å². The van der Waals surface area contributed by atoms with Crippen LogP contribution in [0.2, 0.25) is 0 Å². The highest BCUT2D eigenvalue weighted by Crippen LogP contribution is 2.29. The summed E-state index contributed by atoms with van der Waals surface area (Å²) < 4.78 is 6.07. The highest BCUT2D eigenvalue weighted by molar-refractivity contribution is 6.02. The summed E-state index contributed by atoms with van der Waals surface area (Å²) in [5, 5.41) is 3.30. The third-order valence-corrected chi connectivity index (χ3v) is 3.76. The van der Waals surface area contributed by atoms with E-state index in [2.05, 4.69) is 43.2 Å². The molecule has 0 aromatic heterocycles. The monoisotopic (exact) mass is 294 g/mol. The number of hydrogen-bond donors (Lipinski definition) is 1. The number of nitrogens with one attached hydrogen (secondary N) is 1. The zero-order chi connectivity index (χ0) is 15.6. The van der Waals surface area contributed by atoms with Gasteiger partial charge in [0.25, 0.3) is 0 Å². The Morgan fingerprint density at radius 2 is 1.73 bits per heavy atom. The van der Waals surface area contributed by atoms with E-state index in [4.69, 9.17) is 4.74 Å². The van der Waals surface area contributed by atoms with Crippen LogP contribution in [0.15, 0.2) is 53.5 Å². The number of nitrogens with zero attached hydrogens (tertiary/aromatic N) is 1. The summed E-state index contributed by atoms with van der Waals surface area (Å²) >= 11 is 0. The highest BCUT2D eigenvalue weighted by atomic mass is 16.5. The van der Waals surface area contributed by atoms with E-state index in [0.717, 1.165) is 36.0 Å². The van der Waals surface area contributed by atoms with Gasteiger partial charge in [-0.2, -0.15) is 0 Å². The third-order valence-electron chi connectivity index (χ3n) is 3.76. The normalized spacial score (nSPS) is 14.4. The van der Waals surface area contributed by atoms with Gasteiger partial charge in [0.05, 0.1) is 12.1 Å². The smallest absolute Gasteiger partial charge is 0.138 e. The zero-order valence-electron chi connectivity index (χ0n) is 13.4. The number of para-hydroxylation sites is 1. The highest BCUT2D eigenvalue weighted by Gasteiger charge is 2.15. The van der Waals surface area contributed by atoms with Crippen LogP contribution in [0.25, 0.3) is 0 Å². The largest absolute Gasteiger partial charge is 0.457 e. The van der Waals surface area contributed by atoms with Crippen molar-refractivity contribution in [3.63, 3.8) is 0 Å². The lowest BCUT2D eigenvalue weighted by Gasteiger charge is -2.19. The predicted octanol–water partition coefficient (Wildman–Crippen LogP) is 4.13. The number of aliphatic imine (C=N–C) groups is 1. The maximum absolute atomic E-state index is 6.07. The lowest BCUT2D eigenvalue weighted by atomic mass is 9.87. The molecule has 3 rings (SSSR count). The molecule has 0 aliphatic carbocycles. The summed E-state index contributed by atoms with van der Waals surface area (Å²) in [7, 11) is 0. The maximum atomic E-state index is 6.07. The van der Waals surface area contributed by atoms with Gasteiger partial charge in [-0.25, -0.2) is 0 Å². The molecule has 1 aliphatic heterocycles. The van der Waals surface area contributed by atoms with Crippen molar-refractivity contribution in [3.8, 4) is 11.5 Å². The fraction of sp³-hybridized carbons (Fsp3) is 0.316. The first-order valence-corrected chi connectivity index (χ1v) is 7.70. The number of benzene rings is 2. The van der Waals surface area contributed by atoms with Gasteiger partial charge in [-0.15, -0.1) is 0 Å². The van der Waals surface area contributed by atoms with E-state index < -0.39 is 0 Å². The Morgan fingerprint density at radius 1 is 1.00 bits per heavy atom. The third kappa shape index (κ3) is 3.14. The molecule has 0 fully saturated rings. The fourth-order valence-electron chi connectivity index (χ4n) is 2.48. The van der Waals surface area contributed by atoms with E-state index >= 15 is 0 Å². The molecule has 0 spiro atoms. The molecule has 0 atom stereocenters. The minimum atomic E-state index is 0.152. The molecule has 1 N–H and O–H groups in total. The Balaban J connectivity index is 1.84. The van der Waals surface area contributed by atoms with Crippen LogP contribution < -0.4 is 10.1 Å². The van der Waals surface area contributed by atoms with Gasteiger partial charge in [0, 0.05) is 6.54 Å². The molecule has 0 bridgehead atoms.